The molecule has 0 fully saturated rings. The first-order chi connectivity index (χ1) is 58.1. The molecule has 13 aromatic heterocycles. The number of ketones is 1. The van der Waals surface area contributed by atoms with Crippen molar-refractivity contribution in [3.05, 3.63) is 284 Å². The van der Waals surface area contributed by atoms with Crippen molar-refractivity contribution >= 4 is 94.0 Å². The lowest BCUT2D eigenvalue weighted by Gasteiger charge is -2.10. The molecule has 0 bridgehead atoms. The number of pyridine rings is 5. The van der Waals surface area contributed by atoms with E-state index >= 15 is 0 Å². The molecule has 0 radical (unpaired) electrons. The minimum absolute atomic E-state index is 0.0495. The number of aryl methyl sites for hydroxylation is 10. The van der Waals surface area contributed by atoms with E-state index in [4.69, 9.17) is 11.6 Å². The molecule has 9 N–H and O–H groups in total. The van der Waals surface area contributed by atoms with Crippen LogP contribution in [0.1, 0.15) is 100 Å². The van der Waals surface area contributed by atoms with E-state index in [-0.39, 0.29) is 52.8 Å². The van der Waals surface area contributed by atoms with Crippen molar-refractivity contribution in [2.75, 3.05) is 37.2 Å². The van der Waals surface area contributed by atoms with Gasteiger partial charge in [0.15, 0.2) is 34.9 Å². The molecule has 608 valence electrons. The van der Waals surface area contributed by atoms with Crippen LogP contribution in [0.15, 0.2) is 195 Å². The highest BCUT2D eigenvalue weighted by atomic mass is 35.5. The molecule has 0 unspecified atom stereocenters. The zero-order valence-corrected chi connectivity index (χ0v) is 67.2. The number of carbonyl (C=O) groups is 6. The molecule has 0 aliphatic rings. The first-order valence-corrected chi connectivity index (χ1v) is 36.8. The summed E-state index contributed by atoms with van der Waals surface area (Å²) in [5.41, 5.74) is 8.96. The van der Waals surface area contributed by atoms with Crippen molar-refractivity contribution in [2.45, 2.75) is 69.2 Å². The molecular formula is C81H74ClN31O8. The Morgan fingerprint density at radius 3 is 1.07 bits per heavy atom. The predicted octanol–water partition coefficient (Wildman–Crippen LogP) is 13.2. The van der Waals surface area contributed by atoms with Crippen LogP contribution in [0.5, 0.6) is 0 Å². The van der Waals surface area contributed by atoms with Gasteiger partial charge in [-0.2, -0.15) is 49.8 Å². The summed E-state index contributed by atoms with van der Waals surface area (Å²) in [7, 11) is 1.69. The average Bonchev–Trinajstić information content (AvgIpc) is 1.78. The van der Waals surface area contributed by atoms with E-state index < -0.39 is 28.8 Å². The number of aromatic nitrogens is 23. The van der Waals surface area contributed by atoms with Gasteiger partial charge in [0.25, 0.3) is 23.4 Å². The number of carbonyl (C=O) groups excluding carboxylic acids is 6. The molecule has 7 amide bonds. The summed E-state index contributed by atoms with van der Waals surface area (Å²) in [6.07, 6.45) is 11.4. The van der Waals surface area contributed by atoms with Gasteiger partial charge in [-0.3, -0.25) is 80.8 Å². The molecule has 0 aliphatic heterocycles. The Bertz CT molecular complexity index is 6250. The van der Waals surface area contributed by atoms with E-state index in [2.05, 4.69) is 147 Å². The summed E-state index contributed by atoms with van der Waals surface area (Å²) in [5.74, 6) is 3.80. The summed E-state index contributed by atoms with van der Waals surface area (Å²) in [6.45, 7) is 17.4. The Morgan fingerprint density at radius 1 is 0.388 bits per heavy atom. The molecule has 15 rings (SSSR count). The maximum absolute atomic E-state index is 12.5. The van der Waals surface area contributed by atoms with Gasteiger partial charge in [0.2, 0.25) is 29.7 Å². The number of halogens is 1. The third-order valence-corrected chi connectivity index (χ3v) is 16.7. The van der Waals surface area contributed by atoms with Crippen LogP contribution in [0.25, 0.3) is 57.6 Å². The number of H-pyrrole nitrogens is 2. The number of rotatable bonds is 17. The highest BCUT2D eigenvalue weighted by molar-refractivity contribution is 6.34. The number of nitrogens with one attached hydrogen (secondary N) is 9. The SMILES string of the molecule is CC(=O)c1cc(C(=O)Nc2nc(C)nc(-c3ccccn3)n2)n(C)c1.Cc1nc(NC(=O)Nc2ccc([N+](=O)[O-])cc2C)nc(-c2ccccn2)n1.Cc1nc(NC(=O)Nc2ccccc2C)nc(-c2ccccn2)n1.Cc1nc(NC(=O)c2[nH]c(C)cc2C)nc(-c2ccccn2)n1.Cc1nc(NC(=O)c2[nH]ccc2Cl)nc(-c2ccccn2)n1. The number of benzene rings is 2. The van der Waals surface area contributed by atoms with Gasteiger partial charge in [0.05, 0.1) is 9.95 Å². The lowest BCUT2D eigenvalue weighted by atomic mass is 10.2. The smallest absolute Gasteiger partial charge is 0.326 e. The van der Waals surface area contributed by atoms with Gasteiger partial charge in [0, 0.05) is 85.2 Å². The molecule has 121 heavy (non-hydrogen) atoms. The van der Waals surface area contributed by atoms with Gasteiger partial charge < -0.3 is 25.2 Å². The molecule has 15 aromatic rings. The molecular weight excluding hydrogens is 1570 g/mol. The van der Waals surface area contributed by atoms with E-state index in [1.807, 2.05) is 87.5 Å². The second-order valence-corrected chi connectivity index (χ2v) is 26.2. The fourth-order valence-electron chi connectivity index (χ4n) is 10.8. The zero-order valence-electron chi connectivity index (χ0n) is 66.5. The normalized spacial score (nSPS) is 10.4. The summed E-state index contributed by atoms with van der Waals surface area (Å²) in [6, 6.07) is 42.8. The maximum Gasteiger partial charge on any atom is 0.326 e. The van der Waals surface area contributed by atoms with Crippen LogP contribution in [-0.2, 0) is 7.05 Å². The number of aromatic amines is 2. The van der Waals surface area contributed by atoms with E-state index in [1.54, 1.807) is 157 Å². The minimum atomic E-state index is -0.579. The van der Waals surface area contributed by atoms with Gasteiger partial charge in [-0.1, -0.05) is 60.1 Å². The van der Waals surface area contributed by atoms with Gasteiger partial charge in [-0.05, 0) is 177 Å². The molecule has 2 aromatic carbocycles. The van der Waals surface area contributed by atoms with Crippen molar-refractivity contribution in [1.82, 2.24) is 114 Å². The van der Waals surface area contributed by atoms with Gasteiger partial charge >= 0.3 is 12.1 Å². The van der Waals surface area contributed by atoms with Gasteiger partial charge in [0.1, 0.15) is 74.7 Å². The third-order valence-electron chi connectivity index (χ3n) is 16.3. The number of hydrogen-bond donors (Lipinski definition) is 9. The molecule has 0 saturated heterocycles. The first kappa shape index (κ1) is 85.3. The topological polar surface area (TPSA) is 524 Å². The average molecular weight is 1650 g/mol. The largest absolute Gasteiger partial charge is 0.356 e. The highest BCUT2D eigenvalue weighted by Crippen LogP contribution is 2.25. The number of amides is 7. The van der Waals surface area contributed by atoms with E-state index in [1.165, 1.54) is 31.2 Å². The van der Waals surface area contributed by atoms with Crippen molar-refractivity contribution < 1.29 is 33.7 Å². The molecule has 0 aliphatic carbocycles. The fourth-order valence-corrected chi connectivity index (χ4v) is 11.0. The number of non-ortho nitro benzene ring substituents is 1. The van der Waals surface area contributed by atoms with Crippen LogP contribution < -0.4 is 37.2 Å². The standard InChI is InChI=1S/C17H15N7O3.C17H16N6O2.C17H16N6O.C16H16N6O.C14H11ClN6O/c1-10-9-12(24(26)27)6-7-13(10)21-17(25)23-16-20-11(2)19-15(22-16)14-5-3-4-8-18-14;1-10(24)12-8-14(23(3)9-12)16(25)22-17-20-11(2)19-15(21-17)13-6-4-5-7-18-13;1-11-7-3-4-8-13(11)21-17(24)23-16-20-12(2)19-15(22-16)14-9-5-6-10-18-14;1-9-8-10(2)18-13(9)15(23)22-16-20-11(3)19-14(21-16)12-6-4-5-7-17-12;1-8-18-12(10-4-2-3-6-16-10)20-14(19-8)21-13(22)11-9(15)5-7-17-11/h3-9H,1-2H3,(H2,19,20,21,22,23,25);4-9H,1-3H3,(H,19,20,21,22,25);3-10H,1-2H3,(H2,19,20,21,22,23,24);4-8,18H,1-3H3,(H,19,20,21,22,23);2-7,17H,1H3,(H,18,19,20,21,22). The van der Waals surface area contributed by atoms with Crippen LogP contribution in [0, 0.1) is 72.4 Å². The number of hydrogen-bond acceptors (Lipinski definition) is 28. The number of urea groups is 2. The summed E-state index contributed by atoms with van der Waals surface area (Å²) in [4.78, 5) is 173. The second kappa shape index (κ2) is 40.1. The molecule has 39 nitrogen and oxygen atoms in total. The number of nitro benzene ring substituents is 1. The highest BCUT2D eigenvalue weighted by Gasteiger charge is 2.21. The maximum atomic E-state index is 12.5. The lowest BCUT2D eigenvalue weighted by molar-refractivity contribution is -0.384. The number of nitro groups is 1. The number of nitrogens with zero attached hydrogens (tertiary/aromatic N) is 22. The van der Waals surface area contributed by atoms with Crippen molar-refractivity contribution in [2.24, 2.45) is 7.05 Å². The quantitative estimate of drug-likeness (QED) is 0.0232. The summed E-state index contributed by atoms with van der Waals surface area (Å²) >= 11 is 5.90. The number of para-hydroxylation sites is 1. The second-order valence-electron chi connectivity index (χ2n) is 25.8. The first-order valence-electron chi connectivity index (χ1n) is 36.4. The third kappa shape index (κ3) is 24.2. The molecule has 0 spiro atoms. The Morgan fingerprint density at radius 2 is 0.752 bits per heavy atom. The predicted molar refractivity (Wildman–Crippen MR) is 449 cm³/mol. The number of anilines is 7. The molecule has 0 saturated carbocycles. The van der Waals surface area contributed by atoms with Gasteiger partial charge in [-0.25, -0.2) is 34.5 Å². The summed E-state index contributed by atoms with van der Waals surface area (Å²) in [5, 5.41) is 29.6. The lowest BCUT2D eigenvalue weighted by Crippen LogP contribution is -2.22. The van der Waals surface area contributed by atoms with E-state index in [0.29, 0.717) is 120 Å². The van der Waals surface area contributed by atoms with Crippen LogP contribution in [-0.4, -0.2) is 155 Å². The van der Waals surface area contributed by atoms with Crippen LogP contribution >= 0.6 is 11.6 Å². The van der Waals surface area contributed by atoms with Crippen molar-refractivity contribution in [3.63, 3.8) is 0 Å². The Hall–Kier alpha value is -16.6. The molecule has 0 atom stereocenters. The van der Waals surface area contributed by atoms with Crippen molar-refractivity contribution in [3.8, 4) is 57.6 Å². The number of Topliss-reactive ketones (excluding diaryl/α,β-unsaturated/α-hetero) is 1. The van der Waals surface area contributed by atoms with E-state index in [9.17, 15) is 38.9 Å². The fraction of sp³-hybridized carbons (Fsp3) is 0.136. The Balaban J connectivity index is 0.000000148. The van der Waals surface area contributed by atoms with Gasteiger partial charge in [-0.15, -0.1) is 0 Å². The Labute approximate surface area is 693 Å². The Kier molecular flexibility index (Phi) is 28.3. The molecule has 40 heteroatoms. The van der Waals surface area contributed by atoms with Crippen LogP contribution in [0.3, 0.4) is 0 Å². The van der Waals surface area contributed by atoms with Crippen molar-refractivity contribution in [1.29, 1.82) is 0 Å². The zero-order chi connectivity index (χ0) is 86.2. The van der Waals surface area contributed by atoms with Crippen LogP contribution in [0.4, 0.5) is 56.4 Å². The van der Waals surface area contributed by atoms with E-state index in [0.717, 1.165) is 22.5 Å². The van der Waals surface area contributed by atoms with Crippen LogP contribution in [0.2, 0.25) is 5.02 Å². The minimum Gasteiger partial charge on any atom is -0.356 e. The summed E-state index contributed by atoms with van der Waals surface area (Å²) < 4.78 is 1.58. The monoisotopic (exact) mass is 1640 g/mol. The molecule has 13 heterocycles.